The third-order valence-electron chi connectivity index (χ3n) is 4.73. The van der Waals surface area contributed by atoms with Crippen LogP contribution in [0.25, 0.3) is 10.9 Å². The highest BCUT2D eigenvalue weighted by Gasteiger charge is 2.36. The van der Waals surface area contributed by atoms with Crippen molar-refractivity contribution in [1.29, 1.82) is 0 Å². The fraction of sp³-hybridized carbons (Fsp3) is 0.444. The molecule has 138 valence electrons. The summed E-state index contributed by atoms with van der Waals surface area (Å²) in [4.78, 5) is 19.6. The number of nitrogens with two attached hydrogens (primary N) is 1. The Balaban J connectivity index is 0.00000156. The molecule has 2 heterocycles. The van der Waals surface area contributed by atoms with Gasteiger partial charge in [-0.3, -0.25) is 9.78 Å². The van der Waals surface area contributed by atoms with Gasteiger partial charge in [0.1, 0.15) is 0 Å². The van der Waals surface area contributed by atoms with Gasteiger partial charge in [0.05, 0.1) is 11.1 Å². The first-order valence-electron chi connectivity index (χ1n) is 7.90. The smallest absolute Gasteiger partial charge is 0.254 e. The summed E-state index contributed by atoms with van der Waals surface area (Å²) in [5.41, 5.74) is 8.56. The minimum Gasteiger partial charge on any atom is -0.338 e. The molecule has 1 aromatic heterocycles. The zero-order valence-electron chi connectivity index (χ0n) is 14.6. The molecule has 0 saturated carbocycles. The molecule has 1 aliphatic heterocycles. The molecule has 0 spiro atoms. The first-order chi connectivity index (χ1) is 10.8. The van der Waals surface area contributed by atoms with E-state index in [1.807, 2.05) is 36.1 Å². The fourth-order valence-corrected chi connectivity index (χ4v) is 3.59. The second kappa shape index (κ2) is 8.21. The van der Waals surface area contributed by atoms with Crippen LogP contribution in [0.4, 0.5) is 0 Å². The van der Waals surface area contributed by atoms with E-state index in [0.717, 1.165) is 33.1 Å². The van der Waals surface area contributed by atoms with E-state index in [9.17, 15) is 4.79 Å². The van der Waals surface area contributed by atoms with E-state index >= 15 is 0 Å². The number of rotatable bonds is 1. The second-order valence-electron chi connectivity index (χ2n) is 7.08. The summed E-state index contributed by atoms with van der Waals surface area (Å²) in [6.07, 6.45) is 0.838. The predicted octanol–water partition coefficient (Wildman–Crippen LogP) is 4.35. The molecule has 1 aliphatic rings. The highest BCUT2D eigenvalue weighted by molar-refractivity contribution is 9.10. The molecule has 0 aliphatic carbocycles. The van der Waals surface area contributed by atoms with Gasteiger partial charge in [-0.1, -0.05) is 29.8 Å². The molecule has 3 rings (SSSR count). The normalized spacial score (nSPS) is 19.1. The molecule has 2 N–H and O–H groups in total. The number of hydrogen-bond donors (Lipinski definition) is 1. The Bertz CT molecular complexity index is 782. The van der Waals surface area contributed by atoms with Crippen LogP contribution in [0.2, 0.25) is 0 Å². The second-order valence-corrected chi connectivity index (χ2v) is 8.00. The number of aryl methyl sites for hydroxylation is 1. The average Bonchev–Trinajstić information content (AvgIpc) is 2.49. The Morgan fingerprint density at radius 3 is 2.64 bits per heavy atom. The highest BCUT2D eigenvalue weighted by Crippen LogP contribution is 2.30. The van der Waals surface area contributed by atoms with Crippen molar-refractivity contribution in [3.63, 3.8) is 0 Å². The number of halogens is 3. The summed E-state index contributed by atoms with van der Waals surface area (Å²) in [6, 6.07) is 7.89. The third kappa shape index (κ3) is 4.45. The van der Waals surface area contributed by atoms with Crippen LogP contribution < -0.4 is 5.73 Å². The largest absolute Gasteiger partial charge is 0.338 e. The van der Waals surface area contributed by atoms with Crippen LogP contribution in [0.3, 0.4) is 0 Å². The lowest BCUT2D eigenvalue weighted by molar-refractivity contribution is 0.0534. The summed E-state index contributed by atoms with van der Waals surface area (Å²) in [6.45, 7) is 7.58. The Morgan fingerprint density at radius 2 is 2.00 bits per heavy atom. The molecule has 1 saturated heterocycles. The van der Waals surface area contributed by atoms with Crippen LogP contribution in [0.15, 0.2) is 28.7 Å². The maximum absolute atomic E-state index is 13.1. The lowest BCUT2D eigenvalue weighted by Crippen LogP contribution is -2.54. The van der Waals surface area contributed by atoms with Crippen molar-refractivity contribution in [1.82, 2.24) is 9.88 Å². The van der Waals surface area contributed by atoms with Crippen LogP contribution in [-0.4, -0.2) is 34.9 Å². The number of hydrogen-bond acceptors (Lipinski definition) is 3. The minimum atomic E-state index is -0.0631. The average molecular weight is 449 g/mol. The quantitative estimate of drug-likeness (QED) is 0.705. The third-order valence-corrected chi connectivity index (χ3v) is 5.22. The Labute approximate surface area is 169 Å². The van der Waals surface area contributed by atoms with Crippen LogP contribution >= 0.6 is 40.7 Å². The van der Waals surface area contributed by atoms with Crippen molar-refractivity contribution < 1.29 is 4.79 Å². The SMILES string of the molecule is Cc1cc(C(=O)N2CCC(N)C(C)(C)C2)c2cc(Br)ccc2n1.Cl.Cl. The highest BCUT2D eigenvalue weighted by atomic mass is 79.9. The molecule has 2 aromatic rings. The summed E-state index contributed by atoms with van der Waals surface area (Å²) < 4.78 is 0.950. The van der Waals surface area contributed by atoms with Crippen LogP contribution in [0.5, 0.6) is 0 Å². The number of carbonyl (C=O) groups is 1. The molecule has 1 amide bonds. The van der Waals surface area contributed by atoms with Crippen molar-refractivity contribution in [2.24, 2.45) is 11.1 Å². The number of nitrogens with zero attached hydrogens (tertiary/aromatic N) is 2. The summed E-state index contributed by atoms with van der Waals surface area (Å²) in [5, 5.41) is 0.891. The maximum Gasteiger partial charge on any atom is 0.254 e. The van der Waals surface area contributed by atoms with E-state index in [4.69, 9.17) is 5.73 Å². The van der Waals surface area contributed by atoms with Crippen LogP contribution in [0, 0.1) is 12.3 Å². The number of amides is 1. The van der Waals surface area contributed by atoms with Crippen molar-refractivity contribution in [3.05, 3.63) is 40.0 Å². The zero-order chi connectivity index (χ0) is 16.8. The number of carbonyl (C=O) groups excluding carboxylic acids is 1. The molecule has 25 heavy (non-hydrogen) atoms. The van der Waals surface area contributed by atoms with Crippen LogP contribution in [-0.2, 0) is 0 Å². The van der Waals surface area contributed by atoms with Gasteiger partial charge in [-0.15, -0.1) is 24.8 Å². The number of likely N-dealkylation sites (tertiary alicyclic amines) is 1. The van der Waals surface area contributed by atoms with Gasteiger partial charge < -0.3 is 10.6 Å². The molecule has 1 unspecified atom stereocenters. The van der Waals surface area contributed by atoms with E-state index in [1.54, 1.807) is 0 Å². The van der Waals surface area contributed by atoms with Gasteiger partial charge in [-0.05, 0) is 43.0 Å². The summed E-state index contributed by atoms with van der Waals surface area (Å²) in [7, 11) is 0. The molecular weight excluding hydrogens is 425 g/mol. The lowest BCUT2D eigenvalue weighted by atomic mass is 9.79. The van der Waals surface area contributed by atoms with Crippen molar-refractivity contribution in [3.8, 4) is 0 Å². The maximum atomic E-state index is 13.1. The number of fused-ring (bicyclic) bond motifs is 1. The van der Waals surface area contributed by atoms with Gasteiger partial charge in [0, 0.05) is 34.7 Å². The first-order valence-corrected chi connectivity index (χ1v) is 8.69. The summed E-state index contributed by atoms with van der Waals surface area (Å²) >= 11 is 3.49. The summed E-state index contributed by atoms with van der Waals surface area (Å²) in [5.74, 6) is 0.0681. The Kier molecular flexibility index (Phi) is 7.28. The van der Waals surface area contributed by atoms with E-state index in [0.29, 0.717) is 13.1 Å². The van der Waals surface area contributed by atoms with Crippen LogP contribution in [0.1, 0.15) is 36.3 Å². The van der Waals surface area contributed by atoms with Crippen molar-refractivity contribution in [2.45, 2.75) is 33.2 Å². The number of piperidine rings is 1. The fourth-order valence-electron chi connectivity index (χ4n) is 3.22. The lowest BCUT2D eigenvalue weighted by Gasteiger charge is -2.42. The Morgan fingerprint density at radius 1 is 1.32 bits per heavy atom. The first kappa shape index (κ1) is 22.2. The molecule has 0 radical (unpaired) electrons. The minimum absolute atomic E-state index is 0. The monoisotopic (exact) mass is 447 g/mol. The van der Waals surface area contributed by atoms with Crippen molar-refractivity contribution >= 4 is 57.6 Å². The molecule has 7 heteroatoms. The van der Waals surface area contributed by atoms with Crippen molar-refractivity contribution in [2.75, 3.05) is 13.1 Å². The number of pyridine rings is 1. The predicted molar refractivity (Wildman–Crippen MR) is 111 cm³/mol. The molecule has 1 atom stereocenters. The Hall–Kier alpha value is -0.880. The van der Waals surface area contributed by atoms with E-state index in [2.05, 4.69) is 34.8 Å². The standard InChI is InChI=1S/C18H22BrN3O.2ClH/c1-11-8-14(13-9-12(19)4-5-15(13)21-11)17(23)22-7-6-16(20)18(2,3)10-22;;/h4-5,8-9,16H,6-7,10,20H2,1-3H3;2*1H. The molecular formula is C18H24BrCl2N3O. The number of aromatic nitrogens is 1. The van der Waals surface area contributed by atoms with E-state index in [1.165, 1.54) is 0 Å². The van der Waals surface area contributed by atoms with E-state index in [-0.39, 0.29) is 42.2 Å². The molecule has 1 aromatic carbocycles. The van der Waals surface area contributed by atoms with Gasteiger partial charge in [-0.2, -0.15) is 0 Å². The molecule has 4 nitrogen and oxygen atoms in total. The van der Waals surface area contributed by atoms with Gasteiger partial charge in [-0.25, -0.2) is 0 Å². The zero-order valence-corrected chi connectivity index (χ0v) is 17.8. The number of benzene rings is 1. The molecule has 1 fully saturated rings. The van der Waals surface area contributed by atoms with Gasteiger partial charge in [0.2, 0.25) is 0 Å². The molecule has 0 bridgehead atoms. The van der Waals surface area contributed by atoms with Gasteiger partial charge in [0.25, 0.3) is 5.91 Å². The van der Waals surface area contributed by atoms with Gasteiger partial charge >= 0.3 is 0 Å². The van der Waals surface area contributed by atoms with E-state index < -0.39 is 0 Å². The van der Waals surface area contributed by atoms with Gasteiger partial charge in [0.15, 0.2) is 0 Å². The topological polar surface area (TPSA) is 59.2 Å².